The van der Waals surface area contributed by atoms with Gasteiger partial charge in [0.1, 0.15) is 0 Å². The maximum absolute atomic E-state index is 11.2. The van der Waals surface area contributed by atoms with Crippen molar-refractivity contribution < 1.29 is 9.90 Å². The standard InChI is InChI=1S/C17H24N2O2/c20-17(21)12-16(15-4-2-1-3-5-15)19-10-8-18(9-11-19)13-14-6-7-14/h1-5,14,16H,6-13H2,(H,20,21). The summed E-state index contributed by atoms with van der Waals surface area (Å²) in [6.45, 7) is 5.32. The van der Waals surface area contributed by atoms with Crippen LogP contribution in [-0.2, 0) is 4.79 Å². The van der Waals surface area contributed by atoms with E-state index in [0.717, 1.165) is 37.7 Å². The summed E-state index contributed by atoms with van der Waals surface area (Å²) in [6.07, 6.45) is 2.98. The molecule has 2 fully saturated rings. The molecule has 0 amide bonds. The molecule has 1 aliphatic carbocycles. The van der Waals surface area contributed by atoms with Gasteiger partial charge in [0.2, 0.25) is 0 Å². The molecule has 1 heterocycles. The average molecular weight is 288 g/mol. The number of carboxylic acids is 1. The fourth-order valence-electron chi connectivity index (χ4n) is 3.22. The maximum Gasteiger partial charge on any atom is 0.305 e. The van der Waals surface area contributed by atoms with Gasteiger partial charge in [0.05, 0.1) is 6.42 Å². The van der Waals surface area contributed by atoms with E-state index in [1.807, 2.05) is 30.3 Å². The Morgan fingerprint density at radius 2 is 1.81 bits per heavy atom. The van der Waals surface area contributed by atoms with Gasteiger partial charge in [-0.1, -0.05) is 30.3 Å². The molecule has 1 aliphatic heterocycles. The van der Waals surface area contributed by atoms with E-state index >= 15 is 0 Å². The predicted octanol–water partition coefficient (Wildman–Crippen LogP) is 2.23. The third-order valence-corrected chi connectivity index (χ3v) is 4.61. The minimum Gasteiger partial charge on any atom is -0.481 e. The van der Waals surface area contributed by atoms with Crippen molar-refractivity contribution in [3.8, 4) is 0 Å². The number of carboxylic acid groups (broad SMARTS) is 1. The third kappa shape index (κ3) is 4.05. The van der Waals surface area contributed by atoms with E-state index in [1.54, 1.807) is 0 Å². The largest absolute Gasteiger partial charge is 0.481 e. The number of hydrogen-bond acceptors (Lipinski definition) is 3. The summed E-state index contributed by atoms with van der Waals surface area (Å²) in [4.78, 5) is 16.1. The quantitative estimate of drug-likeness (QED) is 0.872. The van der Waals surface area contributed by atoms with Gasteiger partial charge in [0, 0.05) is 38.8 Å². The van der Waals surface area contributed by atoms with Crippen LogP contribution in [0.5, 0.6) is 0 Å². The topological polar surface area (TPSA) is 43.8 Å². The minimum atomic E-state index is -0.718. The lowest BCUT2D eigenvalue weighted by Crippen LogP contribution is -2.48. The molecule has 1 N–H and O–H groups in total. The molecule has 4 nitrogen and oxygen atoms in total. The number of nitrogens with zero attached hydrogens (tertiary/aromatic N) is 2. The highest BCUT2D eigenvalue weighted by molar-refractivity contribution is 5.68. The molecule has 0 bridgehead atoms. The van der Waals surface area contributed by atoms with Gasteiger partial charge < -0.3 is 10.0 Å². The smallest absolute Gasteiger partial charge is 0.305 e. The van der Waals surface area contributed by atoms with E-state index in [9.17, 15) is 9.90 Å². The lowest BCUT2D eigenvalue weighted by molar-refractivity contribution is -0.138. The molecule has 114 valence electrons. The van der Waals surface area contributed by atoms with E-state index < -0.39 is 5.97 Å². The summed E-state index contributed by atoms with van der Waals surface area (Å²) in [5.74, 6) is 0.213. The lowest BCUT2D eigenvalue weighted by Gasteiger charge is -2.39. The molecule has 1 aromatic carbocycles. The van der Waals surface area contributed by atoms with Crippen LogP contribution in [0.3, 0.4) is 0 Å². The van der Waals surface area contributed by atoms with Crippen LogP contribution in [0.1, 0.15) is 30.9 Å². The molecule has 1 aromatic rings. The fraction of sp³-hybridized carbons (Fsp3) is 0.588. The van der Waals surface area contributed by atoms with E-state index in [0.29, 0.717) is 0 Å². The first-order chi connectivity index (χ1) is 10.2. The van der Waals surface area contributed by atoms with Crippen molar-refractivity contribution in [3.05, 3.63) is 35.9 Å². The Morgan fingerprint density at radius 1 is 1.14 bits per heavy atom. The number of benzene rings is 1. The van der Waals surface area contributed by atoms with Crippen molar-refractivity contribution in [1.82, 2.24) is 9.80 Å². The Morgan fingerprint density at radius 3 is 2.38 bits per heavy atom. The Hall–Kier alpha value is -1.39. The molecule has 1 unspecified atom stereocenters. The summed E-state index contributed by atoms with van der Waals surface area (Å²) in [7, 11) is 0. The Labute approximate surface area is 126 Å². The van der Waals surface area contributed by atoms with Gasteiger partial charge in [0.15, 0.2) is 0 Å². The monoisotopic (exact) mass is 288 g/mol. The summed E-state index contributed by atoms with van der Waals surface area (Å²) in [5, 5.41) is 9.22. The molecule has 0 spiro atoms. The van der Waals surface area contributed by atoms with E-state index in [1.165, 1.54) is 19.4 Å². The van der Waals surface area contributed by atoms with Crippen LogP contribution in [0.15, 0.2) is 30.3 Å². The number of hydrogen-bond donors (Lipinski definition) is 1. The molecule has 1 atom stereocenters. The van der Waals surface area contributed by atoms with Gasteiger partial charge >= 0.3 is 5.97 Å². The van der Waals surface area contributed by atoms with E-state index in [4.69, 9.17) is 0 Å². The molecular weight excluding hydrogens is 264 g/mol. The number of carbonyl (C=O) groups is 1. The van der Waals surface area contributed by atoms with Gasteiger partial charge in [-0.15, -0.1) is 0 Å². The van der Waals surface area contributed by atoms with Crippen molar-refractivity contribution in [2.24, 2.45) is 5.92 Å². The SMILES string of the molecule is O=C(O)CC(c1ccccc1)N1CCN(CC2CC2)CC1. The minimum absolute atomic E-state index is 0.00627. The Balaban J connectivity index is 1.62. The zero-order valence-corrected chi connectivity index (χ0v) is 12.4. The molecule has 3 rings (SSSR count). The lowest BCUT2D eigenvalue weighted by atomic mass is 10.0. The van der Waals surface area contributed by atoms with Crippen LogP contribution in [0.2, 0.25) is 0 Å². The second-order valence-corrected chi connectivity index (χ2v) is 6.30. The zero-order valence-electron chi connectivity index (χ0n) is 12.4. The van der Waals surface area contributed by atoms with Crippen molar-refractivity contribution >= 4 is 5.97 Å². The van der Waals surface area contributed by atoms with Crippen LogP contribution >= 0.6 is 0 Å². The average Bonchev–Trinajstić information content (AvgIpc) is 3.30. The van der Waals surface area contributed by atoms with Crippen LogP contribution in [0.25, 0.3) is 0 Å². The van der Waals surface area contributed by atoms with Gasteiger partial charge in [-0.2, -0.15) is 0 Å². The predicted molar refractivity (Wildman–Crippen MR) is 82.2 cm³/mol. The van der Waals surface area contributed by atoms with Crippen LogP contribution in [0.4, 0.5) is 0 Å². The Kier molecular flexibility index (Phi) is 4.56. The van der Waals surface area contributed by atoms with Crippen molar-refractivity contribution in [1.29, 1.82) is 0 Å². The molecule has 21 heavy (non-hydrogen) atoms. The second-order valence-electron chi connectivity index (χ2n) is 6.30. The highest BCUT2D eigenvalue weighted by atomic mass is 16.4. The second kappa shape index (κ2) is 6.58. The molecule has 1 saturated carbocycles. The molecule has 2 aliphatic rings. The first-order valence-corrected chi connectivity index (χ1v) is 7.95. The molecule has 0 aromatic heterocycles. The number of piperazine rings is 1. The highest BCUT2D eigenvalue weighted by Crippen LogP contribution is 2.31. The molecule has 1 saturated heterocycles. The third-order valence-electron chi connectivity index (χ3n) is 4.61. The number of rotatable bonds is 6. The summed E-state index contributed by atoms with van der Waals surface area (Å²) in [6, 6.07) is 10.1. The number of aliphatic carboxylic acids is 1. The van der Waals surface area contributed by atoms with E-state index in [-0.39, 0.29) is 12.5 Å². The summed E-state index contributed by atoms with van der Waals surface area (Å²) in [5.41, 5.74) is 1.12. The highest BCUT2D eigenvalue weighted by Gasteiger charge is 2.29. The molecule has 4 heteroatoms. The van der Waals surface area contributed by atoms with Gasteiger partial charge in [-0.25, -0.2) is 0 Å². The van der Waals surface area contributed by atoms with Gasteiger partial charge in [-0.05, 0) is 24.3 Å². The molecular formula is C17H24N2O2. The maximum atomic E-state index is 11.2. The summed E-state index contributed by atoms with van der Waals surface area (Å²) >= 11 is 0. The molecule has 0 radical (unpaired) electrons. The van der Waals surface area contributed by atoms with Gasteiger partial charge in [-0.3, -0.25) is 9.69 Å². The van der Waals surface area contributed by atoms with Crippen LogP contribution < -0.4 is 0 Å². The first-order valence-electron chi connectivity index (χ1n) is 7.95. The normalized spacial score (nSPS) is 22.1. The zero-order chi connectivity index (χ0) is 14.7. The van der Waals surface area contributed by atoms with Crippen molar-refractivity contribution in [2.45, 2.75) is 25.3 Å². The van der Waals surface area contributed by atoms with E-state index in [2.05, 4.69) is 9.80 Å². The van der Waals surface area contributed by atoms with Gasteiger partial charge in [0.25, 0.3) is 0 Å². The fourth-order valence-corrected chi connectivity index (χ4v) is 3.22. The Bertz CT molecular complexity index is 465. The van der Waals surface area contributed by atoms with Crippen molar-refractivity contribution in [3.63, 3.8) is 0 Å². The van der Waals surface area contributed by atoms with Crippen LogP contribution in [0, 0.1) is 5.92 Å². The summed E-state index contributed by atoms with van der Waals surface area (Å²) < 4.78 is 0. The van der Waals surface area contributed by atoms with Crippen molar-refractivity contribution in [2.75, 3.05) is 32.7 Å². The van der Waals surface area contributed by atoms with Crippen LogP contribution in [-0.4, -0.2) is 53.6 Å². The first kappa shape index (κ1) is 14.5.